The first-order valence-electron chi connectivity index (χ1n) is 6.28. The maximum atomic E-state index is 13.5. The Labute approximate surface area is 115 Å². The van der Waals surface area contributed by atoms with E-state index in [0.717, 1.165) is 12.5 Å². The van der Waals surface area contributed by atoms with Crippen molar-refractivity contribution in [2.45, 2.75) is 32.1 Å². The third-order valence-electron chi connectivity index (χ3n) is 3.51. The quantitative estimate of drug-likeness (QED) is 0.866. The Morgan fingerprint density at radius 2 is 2.15 bits per heavy atom. The van der Waals surface area contributed by atoms with E-state index >= 15 is 0 Å². The number of ether oxygens (including phenoxy) is 2. The number of hydrogen-bond donors (Lipinski definition) is 1. The van der Waals surface area contributed by atoms with Gasteiger partial charge < -0.3 is 20.1 Å². The zero-order valence-corrected chi connectivity index (χ0v) is 11.3. The number of likely N-dealkylation sites (N-methyl/N-ethyl adjacent to an activating group) is 1. The van der Waals surface area contributed by atoms with Crippen molar-refractivity contribution in [3.63, 3.8) is 0 Å². The summed E-state index contributed by atoms with van der Waals surface area (Å²) in [6.07, 6.45) is 0.781. The molecule has 1 aromatic rings. The third kappa shape index (κ3) is 2.92. The number of alkyl halides is 2. The number of rotatable bonds is 4. The summed E-state index contributed by atoms with van der Waals surface area (Å²) in [5.74, 6) is -1.42. The van der Waals surface area contributed by atoms with Crippen LogP contribution in [0.5, 0.6) is 5.75 Å². The normalized spacial score (nSPS) is 22.3. The molecule has 2 N–H and O–H groups in total. The van der Waals surface area contributed by atoms with Crippen molar-refractivity contribution in [3.8, 4) is 5.75 Å². The first-order chi connectivity index (χ1) is 9.40. The lowest BCUT2D eigenvalue weighted by Crippen LogP contribution is -2.37. The monoisotopic (exact) mass is 290 g/mol. The van der Waals surface area contributed by atoms with Crippen LogP contribution in [0.4, 0.5) is 24.5 Å². The van der Waals surface area contributed by atoms with Crippen molar-refractivity contribution in [2.24, 2.45) is 0 Å². The second kappa shape index (κ2) is 5.78. The SMILES string of the molecule is CC1OCCC1N(C)c1cc(OC(F)F)c(F)cc1N. The van der Waals surface area contributed by atoms with E-state index in [2.05, 4.69) is 4.74 Å². The van der Waals surface area contributed by atoms with Gasteiger partial charge in [-0.3, -0.25) is 0 Å². The van der Waals surface area contributed by atoms with Crippen molar-refractivity contribution >= 4 is 11.4 Å². The first kappa shape index (κ1) is 14.8. The number of benzene rings is 1. The van der Waals surface area contributed by atoms with Crippen LogP contribution in [0, 0.1) is 5.82 Å². The lowest BCUT2D eigenvalue weighted by molar-refractivity contribution is -0.0521. The molecule has 0 aliphatic carbocycles. The van der Waals surface area contributed by atoms with Gasteiger partial charge in [-0.25, -0.2) is 4.39 Å². The van der Waals surface area contributed by atoms with E-state index in [1.165, 1.54) is 6.07 Å². The molecule has 1 fully saturated rings. The zero-order chi connectivity index (χ0) is 14.9. The fourth-order valence-electron chi connectivity index (χ4n) is 2.46. The van der Waals surface area contributed by atoms with Gasteiger partial charge >= 0.3 is 6.61 Å². The van der Waals surface area contributed by atoms with Gasteiger partial charge in [0.05, 0.1) is 23.5 Å². The molecule has 0 bridgehead atoms. The number of halogens is 3. The molecule has 1 aliphatic heterocycles. The minimum absolute atomic E-state index is 0.0103. The number of nitrogens with two attached hydrogens (primary N) is 1. The molecule has 2 unspecified atom stereocenters. The van der Waals surface area contributed by atoms with E-state index in [1.807, 2.05) is 11.8 Å². The Bertz CT molecular complexity index is 485. The molecule has 0 aromatic heterocycles. The molecule has 0 saturated carbocycles. The highest BCUT2D eigenvalue weighted by Gasteiger charge is 2.29. The molecule has 112 valence electrons. The van der Waals surface area contributed by atoms with Gasteiger partial charge in [0.2, 0.25) is 0 Å². The second-order valence-electron chi connectivity index (χ2n) is 4.76. The maximum absolute atomic E-state index is 13.5. The highest BCUT2D eigenvalue weighted by Crippen LogP contribution is 2.34. The zero-order valence-electron chi connectivity index (χ0n) is 11.3. The fourth-order valence-corrected chi connectivity index (χ4v) is 2.46. The van der Waals surface area contributed by atoms with Crippen LogP contribution in [0.2, 0.25) is 0 Å². The molecule has 20 heavy (non-hydrogen) atoms. The molecule has 7 heteroatoms. The molecular weight excluding hydrogens is 273 g/mol. The van der Waals surface area contributed by atoms with Gasteiger partial charge in [-0.15, -0.1) is 0 Å². The van der Waals surface area contributed by atoms with Crippen LogP contribution in [0.1, 0.15) is 13.3 Å². The average molecular weight is 290 g/mol. The Kier molecular flexibility index (Phi) is 4.27. The lowest BCUT2D eigenvalue weighted by atomic mass is 10.1. The molecule has 4 nitrogen and oxygen atoms in total. The smallest absolute Gasteiger partial charge is 0.387 e. The molecule has 0 spiro atoms. The standard InChI is InChI=1S/C13H17F3N2O2/c1-7-10(3-4-19-7)18(2)11-6-12(20-13(15)16)8(14)5-9(11)17/h5-7,10,13H,3-4,17H2,1-2H3. The minimum atomic E-state index is -3.08. The van der Waals surface area contributed by atoms with Crippen LogP contribution in [0.15, 0.2) is 12.1 Å². The first-order valence-corrected chi connectivity index (χ1v) is 6.28. The van der Waals surface area contributed by atoms with Gasteiger partial charge in [-0.2, -0.15) is 8.78 Å². The predicted octanol–water partition coefficient (Wildman–Crippen LogP) is 2.62. The molecule has 1 aromatic carbocycles. The van der Waals surface area contributed by atoms with E-state index in [9.17, 15) is 13.2 Å². The van der Waals surface area contributed by atoms with E-state index in [1.54, 1.807) is 7.05 Å². The summed E-state index contributed by atoms with van der Waals surface area (Å²) in [5, 5.41) is 0. The lowest BCUT2D eigenvalue weighted by Gasteiger charge is -2.30. The summed E-state index contributed by atoms with van der Waals surface area (Å²) < 4.78 is 47.6. The molecule has 1 saturated heterocycles. The van der Waals surface area contributed by atoms with Crippen molar-refractivity contribution < 1.29 is 22.6 Å². The molecular formula is C13H17F3N2O2. The highest BCUT2D eigenvalue weighted by molar-refractivity contribution is 5.70. The summed E-state index contributed by atoms with van der Waals surface area (Å²) in [4.78, 5) is 1.81. The van der Waals surface area contributed by atoms with E-state index in [4.69, 9.17) is 10.5 Å². The van der Waals surface area contributed by atoms with Gasteiger partial charge in [0.1, 0.15) is 0 Å². The average Bonchev–Trinajstić information content (AvgIpc) is 2.77. The number of nitrogens with zero attached hydrogens (tertiary/aromatic N) is 1. The van der Waals surface area contributed by atoms with Crippen LogP contribution in [-0.4, -0.2) is 32.4 Å². The van der Waals surface area contributed by atoms with Crippen molar-refractivity contribution in [1.29, 1.82) is 0 Å². The van der Waals surface area contributed by atoms with Crippen molar-refractivity contribution in [1.82, 2.24) is 0 Å². The van der Waals surface area contributed by atoms with Crippen molar-refractivity contribution in [2.75, 3.05) is 24.3 Å². The summed E-state index contributed by atoms with van der Waals surface area (Å²) in [5.41, 5.74) is 6.39. The summed E-state index contributed by atoms with van der Waals surface area (Å²) in [6.45, 7) is -0.540. The summed E-state index contributed by atoms with van der Waals surface area (Å²) >= 11 is 0. The molecule has 2 atom stereocenters. The van der Waals surface area contributed by atoms with Crippen LogP contribution in [0.25, 0.3) is 0 Å². The van der Waals surface area contributed by atoms with Gasteiger partial charge in [0.25, 0.3) is 0 Å². The third-order valence-corrected chi connectivity index (χ3v) is 3.51. The van der Waals surface area contributed by atoms with E-state index in [0.29, 0.717) is 12.3 Å². The number of hydrogen-bond acceptors (Lipinski definition) is 4. The maximum Gasteiger partial charge on any atom is 0.387 e. The Morgan fingerprint density at radius 3 is 2.70 bits per heavy atom. The summed E-state index contributed by atoms with van der Waals surface area (Å²) in [7, 11) is 1.77. The topological polar surface area (TPSA) is 47.7 Å². The fraction of sp³-hybridized carbons (Fsp3) is 0.538. The number of nitrogen functional groups attached to an aromatic ring is 1. The minimum Gasteiger partial charge on any atom is -0.432 e. The molecule has 2 rings (SSSR count). The predicted molar refractivity (Wildman–Crippen MR) is 69.7 cm³/mol. The van der Waals surface area contributed by atoms with E-state index in [-0.39, 0.29) is 17.8 Å². The summed E-state index contributed by atoms with van der Waals surface area (Å²) in [6, 6.07) is 2.24. The Hall–Kier alpha value is -1.63. The number of anilines is 2. The Balaban J connectivity index is 2.30. The molecule has 1 heterocycles. The van der Waals surface area contributed by atoms with Crippen LogP contribution < -0.4 is 15.4 Å². The Morgan fingerprint density at radius 1 is 1.45 bits per heavy atom. The van der Waals surface area contributed by atoms with E-state index < -0.39 is 18.2 Å². The van der Waals surface area contributed by atoms with Gasteiger partial charge in [-0.05, 0) is 13.3 Å². The van der Waals surface area contributed by atoms with Crippen LogP contribution in [-0.2, 0) is 4.74 Å². The molecule has 0 radical (unpaired) electrons. The van der Waals surface area contributed by atoms with Crippen LogP contribution in [0.3, 0.4) is 0 Å². The second-order valence-corrected chi connectivity index (χ2v) is 4.76. The van der Waals surface area contributed by atoms with Gasteiger partial charge in [0.15, 0.2) is 11.6 Å². The molecule has 0 amide bonds. The largest absolute Gasteiger partial charge is 0.432 e. The molecule has 1 aliphatic rings. The van der Waals surface area contributed by atoms with Crippen LogP contribution >= 0.6 is 0 Å². The van der Waals surface area contributed by atoms with Crippen molar-refractivity contribution in [3.05, 3.63) is 17.9 Å². The van der Waals surface area contributed by atoms with Gasteiger partial charge in [0, 0.05) is 25.8 Å². The van der Waals surface area contributed by atoms with Gasteiger partial charge in [-0.1, -0.05) is 0 Å². The highest BCUT2D eigenvalue weighted by atomic mass is 19.3.